The zero-order valence-electron chi connectivity index (χ0n) is 14.0. The van der Waals surface area contributed by atoms with E-state index >= 15 is 0 Å². The van der Waals surface area contributed by atoms with E-state index in [0.29, 0.717) is 17.0 Å². The quantitative estimate of drug-likeness (QED) is 0.598. The average Bonchev–Trinajstić information content (AvgIpc) is 2.85. The summed E-state index contributed by atoms with van der Waals surface area (Å²) in [6, 6.07) is 0. The molecule has 0 radical (unpaired) electrons. The van der Waals surface area contributed by atoms with Gasteiger partial charge in [0.2, 0.25) is 5.91 Å². The van der Waals surface area contributed by atoms with Crippen molar-refractivity contribution < 1.29 is 14.3 Å². The van der Waals surface area contributed by atoms with Gasteiger partial charge < -0.3 is 10.1 Å². The van der Waals surface area contributed by atoms with Gasteiger partial charge in [0.1, 0.15) is 9.33 Å². The van der Waals surface area contributed by atoms with Crippen LogP contribution in [0.1, 0.15) is 60.8 Å². The van der Waals surface area contributed by atoms with E-state index in [4.69, 9.17) is 27.9 Å². The number of halogens is 2. The minimum atomic E-state index is -1.04. The fourth-order valence-electron chi connectivity index (χ4n) is 3.03. The van der Waals surface area contributed by atoms with Crippen molar-refractivity contribution in [1.82, 2.24) is 0 Å². The van der Waals surface area contributed by atoms with Gasteiger partial charge in [0.25, 0.3) is 0 Å². The molecule has 0 unspecified atom stereocenters. The first-order chi connectivity index (χ1) is 11.2. The highest BCUT2D eigenvalue weighted by Crippen LogP contribution is 2.64. The molecule has 3 rings (SSSR count). The fourth-order valence-corrected chi connectivity index (χ4v) is 5.01. The highest BCUT2D eigenvalue weighted by molar-refractivity contribution is 7.17. The number of hydrogen-bond donors (Lipinski definition) is 1. The molecule has 2 aliphatic carbocycles. The zero-order chi connectivity index (χ0) is 17.7. The van der Waals surface area contributed by atoms with Gasteiger partial charge in [-0.25, -0.2) is 4.79 Å². The molecule has 1 atom stereocenters. The maximum Gasteiger partial charge on any atom is 0.341 e. The van der Waals surface area contributed by atoms with Gasteiger partial charge in [-0.1, -0.05) is 0 Å². The highest BCUT2D eigenvalue weighted by Gasteiger charge is 2.68. The Balaban J connectivity index is 1.91. The number of ether oxygens (including phenoxy) is 1. The Labute approximate surface area is 155 Å². The van der Waals surface area contributed by atoms with Gasteiger partial charge in [-0.15, -0.1) is 34.5 Å². The van der Waals surface area contributed by atoms with Gasteiger partial charge in [-0.2, -0.15) is 0 Å². The summed E-state index contributed by atoms with van der Waals surface area (Å²) in [4.78, 5) is 26.3. The largest absolute Gasteiger partial charge is 0.459 e. The van der Waals surface area contributed by atoms with Crippen LogP contribution in [0.25, 0.3) is 0 Å². The lowest BCUT2D eigenvalue weighted by Crippen LogP contribution is -2.26. The average molecular weight is 390 g/mol. The third kappa shape index (κ3) is 3.06. The van der Waals surface area contributed by atoms with Crippen LogP contribution < -0.4 is 5.32 Å². The minimum Gasteiger partial charge on any atom is -0.459 e. The lowest BCUT2D eigenvalue weighted by molar-refractivity contribution is -0.120. The Morgan fingerprint density at radius 2 is 1.88 bits per heavy atom. The molecule has 0 aliphatic heterocycles. The Morgan fingerprint density at radius 1 is 1.25 bits per heavy atom. The molecule has 24 heavy (non-hydrogen) atoms. The van der Waals surface area contributed by atoms with Crippen molar-refractivity contribution in [3.05, 3.63) is 16.0 Å². The highest BCUT2D eigenvalue weighted by atomic mass is 35.5. The molecule has 1 saturated carbocycles. The third-order valence-corrected chi connectivity index (χ3v) is 7.01. The van der Waals surface area contributed by atoms with Crippen LogP contribution in [0.15, 0.2) is 0 Å². The molecule has 1 aromatic heterocycles. The summed E-state index contributed by atoms with van der Waals surface area (Å²) in [5.41, 5.74) is 0.715. The fraction of sp³-hybridized carbons (Fsp3) is 0.647. The van der Waals surface area contributed by atoms with E-state index in [1.165, 1.54) is 11.3 Å². The summed E-state index contributed by atoms with van der Waals surface area (Å²) in [5, 5.41) is 3.45. The van der Waals surface area contributed by atoms with Crippen LogP contribution in [0, 0.1) is 5.41 Å². The number of carbonyl (C=O) groups is 2. The van der Waals surface area contributed by atoms with E-state index in [1.54, 1.807) is 6.92 Å². The molecule has 0 bridgehead atoms. The molecule has 0 aromatic carbocycles. The summed E-state index contributed by atoms with van der Waals surface area (Å²) in [5.74, 6) is -0.617. The number of rotatable bonds is 4. The molecule has 1 heterocycles. The molecule has 1 fully saturated rings. The minimum absolute atomic E-state index is 0.209. The van der Waals surface area contributed by atoms with Crippen LogP contribution in [0.4, 0.5) is 5.00 Å². The van der Waals surface area contributed by atoms with Gasteiger partial charge in [0, 0.05) is 4.88 Å². The van der Waals surface area contributed by atoms with Crippen LogP contribution in [0.5, 0.6) is 0 Å². The Kier molecular flexibility index (Phi) is 4.65. The summed E-state index contributed by atoms with van der Waals surface area (Å²) in [6.45, 7) is 5.37. The molecule has 7 heteroatoms. The second kappa shape index (κ2) is 6.19. The zero-order valence-corrected chi connectivity index (χ0v) is 16.3. The molecule has 0 spiro atoms. The maximum absolute atomic E-state index is 12.6. The molecule has 1 N–H and O–H groups in total. The normalized spacial score (nSPS) is 24.4. The van der Waals surface area contributed by atoms with Gasteiger partial charge in [0.05, 0.1) is 17.1 Å². The number of alkyl halides is 2. The number of thiophene rings is 1. The van der Waals surface area contributed by atoms with Crippen LogP contribution in [0.3, 0.4) is 0 Å². The van der Waals surface area contributed by atoms with Crippen LogP contribution in [-0.2, 0) is 22.4 Å². The molecule has 2 aliphatic rings. The SMILES string of the molecule is CC(C)OC(=O)c1c(NC(=O)[C@]2(C)CC2(Cl)Cl)sc2c1CCCC2. The number of anilines is 1. The number of amides is 1. The number of fused-ring (bicyclic) bond motifs is 1. The van der Waals surface area contributed by atoms with Gasteiger partial charge in [0.15, 0.2) is 0 Å². The molecule has 132 valence electrons. The molecule has 0 saturated heterocycles. The van der Waals surface area contributed by atoms with Crippen molar-refractivity contribution in [2.45, 2.75) is 63.3 Å². The van der Waals surface area contributed by atoms with E-state index < -0.39 is 9.75 Å². The van der Waals surface area contributed by atoms with Crippen molar-refractivity contribution in [1.29, 1.82) is 0 Å². The predicted molar refractivity (Wildman–Crippen MR) is 97.3 cm³/mol. The van der Waals surface area contributed by atoms with E-state index in [-0.39, 0.29) is 18.0 Å². The predicted octanol–water partition coefficient (Wildman–Crippen LogP) is 4.71. The molecular weight excluding hydrogens is 369 g/mol. The second-order valence-corrected chi connectivity index (χ2v) is 9.63. The van der Waals surface area contributed by atoms with Gasteiger partial charge >= 0.3 is 5.97 Å². The summed E-state index contributed by atoms with van der Waals surface area (Å²) < 4.78 is 4.35. The number of esters is 1. The van der Waals surface area contributed by atoms with E-state index in [2.05, 4.69) is 5.32 Å². The lowest BCUT2D eigenvalue weighted by Gasteiger charge is -2.15. The van der Waals surface area contributed by atoms with Crippen LogP contribution in [-0.4, -0.2) is 22.3 Å². The molecule has 1 amide bonds. The maximum atomic E-state index is 12.6. The monoisotopic (exact) mass is 389 g/mol. The van der Waals surface area contributed by atoms with Gasteiger partial charge in [-0.3, -0.25) is 4.79 Å². The number of hydrogen-bond acceptors (Lipinski definition) is 4. The molecule has 4 nitrogen and oxygen atoms in total. The van der Waals surface area contributed by atoms with Crippen LogP contribution in [0.2, 0.25) is 0 Å². The van der Waals surface area contributed by atoms with Crippen molar-refractivity contribution in [2.75, 3.05) is 5.32 Å². The lowest BCUT2D eigenvalue weighted by atomic mass is 9.95. The van der Waals surface area contributed by atoms with Crippen molar-refractivity contribution in [3.63, 3.8) is 0 Å². The van der Waals surface area contributed by atoms with Crippen molar-refractivity contribution in [3.8, 4) is 0 Å². The number of nitrogens with one attached hydrogen (secondary N) is 1. The first kappa shape index (κ1) is 18.0. The van der Waals surface area contributed by atoms with Crippen molar-refractivity contribution in [2.24, 2.45) is 5.41 Å². The Hall–Kier alpha value is -0.780. The van der Waals surface area contributed by atoms with Crippen LogP contribution >= 0.6 is 34.5 Å². The summed E-state index contributed by atoms with van der Waals surface area (Å²) in [7, 11) is 0. The Morgan fingerprint density at radius 3 is 2.46 bits per heavy atom. The van der Waals surface area contributed by atoms with E-state index in [0.717, 1.165) is 36.1 Å². The molecular formula is C17H21Cl2NO3S. The third-order valence-electron chi connectivity index (χ3n) is 4.70. The number of carbonyl (C=O) groups excluding carboxylic acids is 2. The second-order valence-electron chi connectivity index (χ2n) is 7.04. The first-order valence-electron chi connectivity index (χ1n) is 8.20. The first-order valence-corrected chi connectivity index (χ1v) is 9.78. The summed E-state index contributed by atoms with van der Waals surface area (Å²) in [6.07, 6.45) is 4.12. The Bertz CT molecular complexity index is 698. The standard InChI is InChI=1S/C17H21Cl2NO3S/c1-9(2)23-14(21)12-10-6-4-5-7-11(10)24-13(12)20-15(22)16(3)8-17(16,18)19/h9H,4-8H2,1-3H3,(H,20,22)/t16-/m0/s1. The van der Waals surface area contributed by atoms with Gasteiger partial charge in [-0.05, 0) is 58.4 Å². The number of aryl methyl sites for hydroxylation is 1. The summed E-state index contributed by atoms with van der Waals surface area (Å²) >= 11 is 13.7. The topological polar surface area (TPSA) is 55.4 Å². The van der Waals surface area contributed by atoms with Crippen molar-refractivity contribution >= 4 is 51.4 Å². The smallest absolute Gasteiger partial charge is 0.341 e. The van der Waals surface area contributed by atoms with E-state index in [9.17, 15) is 9.59 Å². The molecule has 1 aromatic rings. The van der Waals surface area contributed by atoms with E-state index in [1.807, 2.05) is 13.8 Å².